The van der Waals surface area contributed by atoms with Gasteiger partial charge in [0.05, 0.1) is 47.4 Å². The molecule has 262 valence electrons. The summed E-state index contributed by atoms with van der Waals surface area (Å²) in [6.45, 7) is 6.10. The smallest absolute Gasteiger partial charge is 0.272 e. The van der Waals surface area contributed by atoms with Crippen LogP contribution in [0, 0.1) is 11.3 Å². The molecule has 1 spiro atoms. The van der Waals surface area contributed by atoms with Crippen molar-refractivity contribution in [3.8, 4) is 23.4 Å². The zero-order valence-electron chi connectivity index (χ0n) is 29.1. The molecule has 6 heterocycles. The summed E-state index contributed by atoms with van der Waals surface area (Å²) < 4.78 is 15.3. The van der Waals surface area contributed by atoms with Crippen molar-refractivity contribution in [3.63, 3.8) is 0 Å². The summed E-state index contributed by atoms with van der Waals surface area (Å²) in [6, 6.07) is 8.35. The van der Waals surface area contributed by atoms with Gasteiger partial charge in [0, 0.05) is 23.5 Å². The van der Waals surface area contributed by atoms with Crippen LogP contribution in [0.4, 0.5) is 5.69 Å². The number of hydrogen-bond donors (Lipinski definition) is 2. The molecular formula is C37H41N11O3. The van der Waals surface area contributed by atoms with Gasteiger partial charge in [0.15, 0.2) is 34.4 Å². The number of carbonyl (C=O) groups excluding carboxylic acids is 1. The van der Waals surface area contributed by atoms with Crippen LogP contribution in [0.3, 0.4) is 0 Å². The largest absolute Gasteiger partial charge is 0.398 e. The highest BCUT2D eigenvalue weighted by Gasteiger charge is 2.48. The highest BCUT2D eigenvalue weighted by Crippen LogP contribution is 2.53. The van der Waals surface area contributed by atoms with Crippen LogP contribution in [0.5, 0.6) is 0 Å². The van der Waals surface area contributed by atoms with E-state index in [1.54, 1.807) is 23.1 Å². The average molecular weight is 688 g/mol. The molecule has 2 aliphatic heterocycles. The normalized spacial score (nSPS) is 23.1. The van der Waals surface area contributed by atoms with Gasteiger partial charge in [-0.2, -0.15) is 15.5 Å². The molecule has 3 atom stereocenters. The van der Waals surface area contributed by atoms with E-state index in [0.29, 0.717) is 58.9 Å². The number of nitrogens with two attached hydrogens (primary N) is 1. The maximum absolute atomic E-state index is 13.2. The summed E-state index contributed by atoms with van der Waals surface area (Å²) in [6.07, 6.45) is 10.9. The molecule has 1 aromatic carbocycles. The van der Waals surface area contributed by atoms with E-state index in [2.05, 4.69) is 41.4 Å². The predicted molar refractivity (Wildman–Crippen MR) is 187 cm³/mol. The molecule has 4 aliphatic rings. The summed E-state index contributed by atoms with van der Waals surface area (Å²) in [4.78, 5) is 25.8. The quantitative estimate of drug-likeness (QED) is 0.244. The number of fused-ring (bicyclic) bond motifs is 5. The lowest BCUT2D eigenvalue weighted by Crippen LogP contribution is -2.59. The first-order valence-electron chi connectivity index (χ1n) is 17.9. The Bertz CT molecular complexity index is 2240. The molecule has 14 nitrogen and oxygen atoms in total. The van der Waals surface area contributed by atoms with Crippen LogP contribution in [0.15, 0.2) is 35.1 Å². The Morgan fingerprint density at radius 2 is 1.98 bits per heavy atom. The monoisotopic (exact) mass is 687 g/mol. The Morgan fingerprint density at radius 3 is 2.73 bits per heavy atom. The van der Waals surface area contributed by atoms with Crippen LogP contribution >= 0.6 is 0 Å². The maximum Gasteiger partial charge on any atom is 0.272 e. The van der Waals surface area contributed by atoms with Crippen molar-refractivity contribution >= 4 is 22.6 Å². The van der Waals surface area contributed by atoms with Gasteiger partial charge in [-0.05, 0) is 102 Å². The Labute approximate surface area is 294 Å². The summed E-state index contributed by atoms with van der Waals surface area (Å²) in [7, 11) is 2.16. The third kappa shape index (κ3) is 4.89. The number of anilines is 1. The third-order valence-electron chi connectivity index (χ3n) is 11.7. The summed E-state index contributed by atoms with van der Waals surface area (Å²) in [5.41, 5.74) is 11.1. The van der Waals surface area contributed by atoms with Crippen LogP contribution in [-0.4, -0.2) is 83.9 Å². The number of nitrogen functional groups attached to an aromatic ring is 1. The number of benzene rings is 1. The SMILES string of the molecule is C[C@@H]([C@@H]1CCCN1C)n1ncc2c(-n3ccc(C(=O)NC4(C)COC4)n3)nc(-c3noc4c3CCC[C@@]43CCCc4ccc(N)c(C#N)c43)nc21. The van der Waals surface area contributed by atoms with Gasteiger partial charge in [-0.3, -0.25) is 4.79 Å². The molecule has 2 saturated heterocycles. The Morgan fingerprint density at radius 1 is 1.16 bits per heavy atom. The first-order chi connectivity index (χ1) is 24.7. The van der Waals surface area contributed by atoms with Crippen LogP contribution in [0.1, 0.15) is 96.9 Å². The number of nitrogens with zero attached hydrogens (tertiary/aromatic N) is 9. The number of aryl methyl sites for hydroxylation is 1. The summed E-state index contributed by atoms with van der Waals surface area (Å²) >= 11 is 0. The Hall–Kier alpha value is -5.13. The highest BCUT2D eigenvalue weighted by molar-refractivity contribution is 5.93. The molecule has 0 saturated carbocycles. The summed E-state index contributed by atoms with van der Waals surface area (Å²) in [5, 5.41) is 28.3. The Kier molecular flexibility index (Phi) is 7.31. The van der Waals surface area contributed by atoms with Crippen molar-refractivity contribution in [2.24, 2.45) is 0 Å². The molecule has 9 rings (SSSR count). The van der Waals surface area contributed by atoms with E-state index in [1.165, 1.54) is 0 Å². The minimum atomic E-state index is -0.504. The lowest BCUT2D eigenvalue weighted by Gasteiger charge is -2.41. The van der Waals surface area contributed by atoms with Crippen LogP contribution in [-0.2, 0) is 23.0 Å². The van der Waals surface area contributed by atoms with Crippen molar-refractivity contribution in [3.05, 3.63) is 64.3 Å². The Balaban J connectivity index is 1.19. The average Bonchev–Trinajstić information content (AvgIpc) is 3.94. The first kappa shape index (κ1) is 31.8. The van der Waals surface area contributed by atoms with Crippen molar-refractivity contribution in [1.29, 1.82) is 5.26 Å². The second-order valence-corrected chi connectivity index (χ2v) is 15.1. The number of likely N-dealkylation sites (tertiary alicyclic amines) is 1. The molecule has 2 fully saturated rings. The number of amides is 1. The van der Waals surface area contributed by atoms with E-state index in [1.807, 2.05) is 17.7 Å². The second kappa shape index (κ2) is 11.7. The third-order valence-corrected chi connectivity index (χ3v) is 11.7. The topological polar surface area (TPSA) is 179 Å². The number of carbonyl (C=O) groups is 1. The number of ether oxygens (including phenoxy) is 1. The molecule has 51 heavy (non-hydrogen) atoms. The molecule has 2 aliphatic carbocycles. The lowest BCUT2D eigenvalue weighted by molar-refractivity contribution is -0.0594. The number of nitrogens with one attached hydrogen (secondary N) is 1. The minimum absolute atomic E-state index is 0.0399. The first-order valence-corrected chi connectivity index (χ1v) is 17.9. The van der Waals surface area contributed by atoms with E-state index in [4.69, 9.17) is 35.2 Å². The molecule has 1 amide bonds. The number of likely N-dealkylation sites (N-methyl/N-ethyl adjacent to an activating group) is 1. The lowest BCUT2D eigenvalue weighted by atomic mass is 9.61. The van der Waals surface area contributed by atoms with Crippen molar-refractivity contribution in [1.82, 2.24) is 44.9 Å². The zero-order valence-corrected chi connectivity index (χ0v) is 29.1. The number of rotatable bonds is 6. The van der Waals surface area contributed by atoms with E-state index in [9.17, 15) is 10.1 Å². The second-order valence-electron chi connectivity index (χ2n) is 15.1. The van der Waals surface area contributed by atoms with Gasteiger partial charge in [0.25, 0.3) is 5.91 Å². The molecule has 5 aromatic rings. The molecule has 0 radical (unpaired) electrons. The molecule has 14 heteroatoms. The van der Waals surface area contributed by atoms with Crippen molar-refractivity contribution in [2.45, 2.75) is 88.3 Å². The van der Waals surface area contributed by atoms with E-state index < -0.39 is 11.0 Å². The van der Waals surface area contributed by atoms with Crippen LogP contribution < -0.4 is 11.1 Å². The van der Waals surface area contributed by atoms with E-state index in [0.717, 1.165) is 80.4 Å². The van der Waals surface area contributed by atoms with E-state index in [-0.39, 0.29) is 17.6 Å². The van der Waals surface area contributed by atoms with Gasteiger partial charge in [-0.25, -0.2) is 19.3 Å². The summed E-state index contributed by atoms with van der Waals surface area (Å²) in [5.74, 6) is 1.39. The maximum atomic E-state index is 13.2. The predicted octanol–water partition coefficient (Wildman–Crippen LogP) is 4.25. The molecular weight excluding hydrogens is 646 g/mol. The van der Waals surface area contributed by atoms with Gasteiger partial charge in [-0.1, -0.05) is 11.2 Å². The molecule has 4 aromatic heterocycles. The molecule has 0 unspecified atom stereocenters. The van der Waals surface area contributed by atoms with Gasteiger partial charge in [0.1, 0.15) is 6.07 Å². The molecule has 3 N–H and O–H groups in total. The fourth-order valence-electron chi connectivity index (χ4n) is 9.07. The van der Waals surface area contributed by atoms with Crippen molar-refractivity contribution in [2.75, 3.05) is 32.5 Å². The number of nitriles is 1. The van der Waals surface area contributed by atoms with Gasteiger partial charge >= 0.3 is 0 Å². The fourth-order valence-corrected chi connectivity index (χ4v) is 9.07. The van der Waals surface area contributed by atoms with Crippen LogP contribution in [0.2, 0.25) is 0 Å². The fraction of sp³-hybridized carbons (Fsp3) is 0.486. The van der Waals surface area contributed by atoms with Gasteiger partial charge in [0.2, 0.25) is 0 Å². The molecule has 0 bridgehead atoms. The highest BCUT2D eigenvalue weighted by atomic mass is 16.5. The van der Waals surface area contributed by atoms with Gasteiger partial charge < -0.3 is 25.2 Å². The number of hydrogen-bond acceptors (Lipinski definition) is 11. The standard InChI is InChI=1S/C37H41N11O3/c1-21(28-9-6-15-46(28)3)48-34-25(18-40-48)33(47-16-12-27(44-47)35(49)43-36(2)19-50-20-36)41-32(42-34)30-23-8-5-14-37(31(23)51-45-30)13-4-7-22-10-11-26(39)24(17-38)29(22)37/h10-12,16,18,21,28H,4-9,13-15,19-20,39H2,1-3H3,(H,43,49)/t21-,28-,37+/m0/s1. The van der Waals surface area contributed by atoms with Crippen molar-refractivity contribution < 1.29 is 14.1 Å². The van der Waals surface area contributed by atoms with Gasteiger partial charge in [-0.15, -0.1) is 0 Å². The minimum Gasteiger partial charge on any atom is -0.398 e. The number of aromatic nitrogens is 7. The van der Waals surface area contributed by atoms with Crippen LogP contribution in [0.25, 0.3) is 28.4 Å². The zero-order chi connectivity index (χ0) is 35.1. The van der Waals surface area contributed by atoms with E-state index >= 15 is 0 Å².